The Hall–Kier alpha value is -2.83. The highest BCUT2D eigenvalue weighted by Crippen LogP contribution is 2.18. The Kier molecular flexibility index (Phi) is 3.93. The monoisotopic (exact) mass is 291 g/mol. The molecule has 0 saturated carbocycles. The summed E-state index contributed by atoms with van der Waals surface area (Å²) in [6, 6.07) is 4.04. The molecule has 0 aliphatic rings. The number of pyridine rings is 1. The number of methoxy groups -OCH3 is 2. The van der Waals surface area contributed by atoms with Gasteiger partial charge in [0.1, 0.15) is 17.9 Å². The molecule has 0 atom stereocenters. The average molecular weight is 291 g/mol. The van der Waals surface area contributed by atoms with Crippen LogP contribution in [-0.2, 0) is 20.8 Å². The first-order valence-corrected chi connectivity index (χ1v) is 5.99. The molecule has 0 bridgehead atoms. The fraction of sp³-hybridized carbons (Fsp3) is 0.214. The maximum atomic E-state index is 12.2. The normalized spacial score (nSPS) is 10.4. The summed E-state index contributed by atoms with van der Waals surface area (Å²) in [5, 5.41) is 9.73. The minimum atomic E-state index is -0.798. The molecule has 0 amide bonds. The van der Waals surface area contributed by atoms with Gasteiger partial charge in [-0.05, 0) is 12.1 Å². The number of hydrogen-bond donors (Lipinski definition) is 1. The highest BCUT2D eigenvalue weighted by Gasteiger charge is 2.17. The van der Waals surface area contributed by atoms with E-state index in [1.54, 1.807) is 0 Å². The van der Waals surface area contributed by atoms with Crippen molar-refractivity contribution >= 4 is 22.8 Å². The van der Waals surface area contributed by atoms with Crippen molar-refractivity contribution in [2.24, 2.45) is 0 Å². The molecule has 0 fully saturated rings. The molecule has 1 heterocycles. The molecule has 0 spiro atoms. The Balaban J connectivity index is 2.77. The van der Waals surface area contributed by atoms with E-state index in [2.05, 4.69) is 9.47 Å². The van der Waals surface area contributed by atoms with Crippen LogP contribution in [0.15, 0.2) is 29.2 Å². The molecule has 1 aromatic heterocycles. The molecular weight excluding hydrogens is 278 g/mol. The fourth-order valence-corrected chi connectivity index (χ4v) is 1.97. The number of hydrogen-bond acceptors (Lipinski definition) is 6. The maximum Gasteiger partial charge on any atom is 0.343 e. The van der Waals surface area contributed by atoms with Gasteiger partial charge in [0.05, 0.1) is 19.7 Å². The van der Waals surface area contributed by atoms with Gasteiger partial charge in [-0.3, -0.25) is 9.59 Å². The molecule has 0 aliphatic carbocycles. The van der Waals surface area contributed by atoms with Crippen LogP contribution < -0.4 is 5.43 Å². The van der Waals surface area contributed by atoms with Crippen LogP contribution in [0.5, 0.6) is 5.75 Å². The third kappa shape index (κ3) is 2.71. The predicted molar refractivity (Wildman–Crippen MR) is 73.2 cm³/mol. The van der Waals surface area contributed by atoms with E-state index in [0.29, 0.717) is 5.52 Å². The van der Waals surface area contributed by atoms with E-state index in [1.165, 1.54) is 36.1 Å². The van der Waals surface area contributed by atoms with Crippen molar-refractivity contribution in [3.8, 4) is 5.75 Å². The Morgan fingerprint density at radius 2 is 1.95 bits per heavy atom. The molecule has 1 aromatic carbocycles. The summed E-state index contributed by atoms with van der Waals surface area (Å²) in [6.07, 6.45) is 1.22. The Morgan fingerprint density at radius 3 is 2.57 bits per heavy atom. The molecule has 2 rings (SSSR count). The number of nitrogens with zero attached hydrogens (tertiary/aromatic N) is 1. The summed E-state index contributed by atoms with van der Waals surface area (Å²) in [5.41, 5.74) is -0.407. The number of rotatable bonds is 3. The van der Waals surface area contributed by atoms with Crippen molar-refractivity contribution in [2.75, 3.05) is 14.2 Å². The SMILES string of the molecule is COC(=O)Cn1cc(C(=O)OC)c(=O)c2ccc(O)cc21. The molecule has 1 N–H and O–H groups in total. The van der Waals surface area contributed by atoms with Crippen LogP contribution in [-0.4, -0.2) is 35.8 Å². The van der Waals surface area contributed by atoms with Crippen molar-refractivity contribution < 1.29 is 24.2 Å². The van der Waals surface area contributed by atoms with Crippen LogP contribution in [0.4, 0.5) is 0 Å². The van der Waals surface area contributed by atoms with E-state index in [9.17, 15) is 19.5 Å². The van der Waals surface area contributed by atoms with E-state index >= 15 is 0 Å². The van der Waals surface area contributed by atoms with Crippen LogP contribution in [0.2, 0.25) is 0 Å². The zero-order valence-corrected chi connectivity index (χ0v) is 11.5. The van der Waals surface area contributed by atoms with Crippen LogP contribution in [0.25, 0.3) is 10.9 Å². The number of fused-ring (bicyclic) bond motifs is 1. The van der Waals surface area contributed by atoms with Gasteiger partial charge in [0.25, 0.3) is 0 Å². The smallest absolute Gasteiger partial charge is 0.343 e. The maximum absolute atomic E-state index is 12.2. The zero-order chi connectivity index (χ0) is 15.6. The van der Waals surface area contributed by atoms with Crippen LogP contribution >= 0.6 is 0 Å². The predicted octanol–water partition coefficient (Wildman–Crippen LogP) is 0.667. The number of phenolic OH excluding ortho intramolecular Hbond substituents is 1. The lowest BCUT2D eigenvalue weighted by Crippen LogP contribution is -2.22. The molecular formula is C14H13NO6. The van der Waals surface area contributed by atoms with Gasteiger partial charge in [-0.1, -0.05) is 0 Å². The largest absolute Gasteiger partial charge is 0.508 e. The standard InChI is InChI=1S/C14H13NO6/c1-20-12(17)7-15-6-10(14(19)21-2)13(18)9-4-3-8(16)5-11(9)15/h3-6,16H,7H2,1-2H3. The van der Waals surface area contributed by atoms with E-state index in [4.69, 9.17) is 0 Å². The summed E-state index contributed by atoms with van der Waals surface area (Å²) < 4.78 is 10.5. The second kappa shape index (κ2) is 5.66. The van der Waals surface area contributed by atoms with Gasteiger partial charge in [0, 0.05) is 17.6 Å². The molecule has 110 valence electrons. The van der Waals surface area contributed by atoms with Gasteiger partial charge >= 0.3 is 11.9 Å². The number of benzene rings is 1. The highest BCUT2D eigenvalue weighted by molar-refractivity contribution is 5.94. The molecule has 21 heavy (non-hydrogen) atoms. The zero-order valence-electron chi connectivity index (χ0n) is 11.5. The molecule has 7 nitrogen and oxygen atoms in total. The van der Waals surface area contributed by atoms with Gasteiger partial charge < -0.3 is 19.1 Å². The number of carbonyl (C=O) groups excluding carboxylic acids is 2. The van der Waals surface area contributed by atoms with Gasteiger partial charge in [-0.2, -0.15) is 0 Å². The lowest BCUT2D eigenvalue weighted by Gasteiger charge is -2.12. The highest BCUT2D eigenvalue weighted by atomic mass is 16.5. The number of aromatic hydroxyl groups is 1. The molecule has 0 radical (unpaired) electrons. The molecule has 7 heteroatoms. The Bertz CT molecular complexity index is 777. The Morgan fingerprint density at radius 1 is 1.24 bits per heavy atom. The van der Waals surface area contributed by atoms with Gasteiger partial charge in [-0.25, -0.2) is 4.79 Å². The van der Waals surface area contributed by atoms with Crippen LogP contribution in [0.3, 0.4) is 0 Å². The molecule has 2 aromatic rings. The second-order valence-corrected chi connectivity index (χ2v) is 4.27. The first kappa shape index (κ1) is 14.6. The van der Waals surface area contributed by atoms with Crippen LogP contribution in [0, 0.1) is 0 Å². The summed E-state index contributed by atoms with van der Waals surface area (Å²) in [4.78, 5) is 35.3. The average Bonchev–Trinajstić information content (AvgIpc) is 2.48. The van der Waals surface area contributed by atoms with Gasteiger partial charge in [0.15, 0.2) is 0 Å². The number of phenols is 1. The van der Waals surface area contributed by atoms with Gasteiger partial charge in [-0.15, -0.1) is 0 Å². The summed E-state index contributed by atoms with van der Waals surface area (Å²) in [5.74, 6) is -1.42. The minimum absolute atomic E-state index is 0.0636. The minimum Gasteiger partial charge on any atom is -0.508 e. The quantitative estimate of drug-likeness (QED) is 0.835. The number of aromatic nitrogens is 1. The van der Waals surface area contributed by atoms with E-state index in [0.717, 1.165) is 7.11 Å². The second-order valence-electron chi connectivity index (χ2n) is 4.27. The molecule has 0 unspecified atom stereocenters. The third-order valence-electron chi connectivity index (χ3n) is 3.00. The van der Waals surface area contributed by atoms with Gasteiger partial charge in [0.2, 0.25) is 5.43 Å². The van der Waals surface area contributed by atoms with Crippen LogP contribution in [0.1, 0.15) is 10.4 Å². The summed E-state index contributed by atoms with van der Waals surface area (Å²) in [6.45, 7) is -0.208. The third-order valence-corrected chi connectivity index (χ3v) is 3.00. The van der Waals surface area contributed by atoms with E-state index in [-0.39, 0.29) is 23.2 Å². The number of ether oxygens (including phenoxy) is 2. The lowest BCUT2D eigenvalue weighted by atomic mass is 10.1. The lowest BCUT2D eigenvalue weighted by molar-refractivity contribution is -0.141. The van der Waals surface area contributed by atoms with Crippen molar-refractivity contribution in [1.82, 2.24) is 4.57 Å². The Labute approximate surface area is 119 Å². The summed E-state index contributed by atoms with van der Waals surface area (Å²) in [7, 11) is 2.39. The molecule has 0 aliphatic heterocycles. The van der Waals surface area contributed by atoms with Crippen molar-refractivity contribution in [2.45, 2.75) is 6.54 Å². The van der Waals surface area contributed by atoms with Crippen molar-refractivity contribution in [3.63, 3.8) is 0 Å². The summed E-state index contributed by atoms with van der Waals surface area (Å²) >= 11 is 0. The van der Waals surface area contributed by atoms with Crippen molar-refractivity contribution in [3.05, 3.63) is 40.2 Å². The molecule has 0 saturated heterocycles. The first-order chi connectivity index (χ1) is 9.97. The van der Waals surface area contributed by atoms with Crippen molar-refractivity contribution in [1.29, 1.82) is 0 Å². The van der Waals surface area contributed by atoms with E-state index < -0.39 is 17.4 Å². The fourth-order valence-electron chi connectivity index (χ4n) is 1.97. The number of carbonyl (C=O) groups is 2. The van der Waals surface area contributed by atoms with E-state index in [1.807, 2.05) is 0 Å². The first-order valence-electron chi connectivity index (χ1n) is 5.99. The topological polar surface area (TPSA) is 94.8 Å². The number of esters is 2.